The van der Waals surface area contributed by atoms with E-state index in [0.717, 1.165) is 45.0 Å². The Bertz CT molecular complexity index is 840. The van der Waals surface area contributed by atoms with E-state index in [9.17, 15) is 4.39 Å². The van der Waals surface area contributed by atoms with E-state index in [1.807, 2.05) is 0 Å². The fraction of sp³-hybridized carbons (Fsp3) is 0.421. The molecule has 0 aliphatic heterocycles. The van der Waals surface area contributed by atoms with Crippen LogP contribution < -0.4 is 11.1 Å². The van der Waals surface area contributed by atoms with Gasteiger partial charge in [0, 0.05) is 34.5 Å². The number of hydrogen-bond acceptors (Lipinski definition) is 5. The third kappa shape index (κ3) is 4.02. The first kappa shape index (κ1) is 18.3. The highest BCUT2D eigenvalue weighted by Crippen LogP contribution is 2.36. The summed E-state index contributed by atoms with van der Waals surface area (Å²) in [6, 6.07) is 5.85. The average Bonchev–Trinajstić information content (AvgIpc) is 3.22. The topological polar surface area (TPSA) is 50.9 Å². The number of halogens is 1. The van der Waals surface area contributed by atoms with Crippen molar-refractivity contribution in [1.82, 2.24) is 4.98 Å². The quantitative estimate of drug-likeness (QED) is 0.604. The molecule has 25 heavy (non-hydrogen) atoms. The van der Waals surface area contributed by atoms with Crippen molar-refractivity contribution in [2.45, 2.75) is 52.4 Å². The number of thiophene rings is 2. The van der Waals surface area contributed by atoms with E-state index >= 15 is 0 Å². The molecule has 6 heteroatoms. The van der Waals surface area contributed by atoms with Crippen molar-refractivity contribution in [1.29, 1.82) is 0 Å². The van der Waals surface area contributed by atoms with E-state index in [4.69, 9.17) is 10.7 Å². The number of aromatic nitrogens is 1. The molecule has 0 fully saturated rings. The molecule has 3 aromatic heterocycles. The summed E-state index contributed by atoms with van der Waals surface area (Å²) in [5.41, 5.74) is 10.3. The lowest BCUT2D eigenvalue weighted by molar-refractivity contribution is 0.305. The van der Waals surface area contributed by atoms with Gasteiger partial charge in [0.2, 0.25) is 0 Å². The molecule has 0 saturated carbocycles. The zero-order valence-electron chi connectivity index (χ0n) is 14.8. The number of nitrogens with zero attached hydrogens (tertiary/aromatic N) is 1. The van der Waals surface area contributed by atoms with Crippen LogP contribution in [0.5, 0.6) is 0 Å². The first-order valence-corrected chi connectivity index (χ1v) is 10.3. The first-order chi connectivity index (χ1) is 12.0. The third-order valence-corrected chi connectivity index (χ3v) is 6.64. The van der Waals surface area contributed by atoms with Gasteiger partial charge in [-0.05, 0) is 43.3 Å². The first-order valence-electron chi connectivity index (χ1n) is 8.57. The number of nitrogens with one attached hydrogen (secondary N) is 1. The zero-order chi connectivity index (χ0) is 18.0. The predicted octanol–water partition coefficient (Wildman–Crippen LogP) is 5.07. The summed E-state index contributed by atoms with van der Waals surface area (Å²) in [5.74, 6) is 0. The van der Waals surface area contributed by atoms with Crippen LogP contribution in [0.2, 0.25) is 0 Å². The van der Waals surface area contributed by atoms with Gasteiger partial charge in [-0.25, -0.2) is 4.39 Å². The molecule has 0 spiro atoms. The molecule has 0 aliphatic rings. The number of pyridine rings is 1. The normalized spacial score (nSPS) is 14.0. The van der Waals surface area contributed by atoms with Crippen LogP contribution in [0.25, 0.3) is 10.2 Å². The van der Waals surface area contributed by atoms with E-state index < -0.39 is 12.2 Å². The number of anilines is 1. The largest absolute Gasteiger partial charge is 0.379 e. The fourth-order valence-corrected chi connectivity index (χ4v) is 4.71. The van der Waals surface area contributed by atoms with Gasteiger partial charge >= 0.3 is 0 Å². The molecule has 3 aromatic rings. The van der Waals surface area contributed by atoms with Gasteiger partial charge in [0.1, 0.15) is 6.17 Å². The van der Waals surface area contributed by atoms with Crippen LogP contribution in [0.3, 0.4) is 0 Å². The summed E-state index contributed by atoms with van der Waals surface area (Å²) in [4.78, 5) is 7.24. The molecule has 0 aromatic carbocycles. The standard InChI is InChI=1S/C19H24FN3S2/c1-4-13-8-16(22-10-14-6-5-7-24-14)19-18(23-13)11(2)17(25-19)9-15(21)12(3)20/h5-8,12,15H,4,9-10,21H2,1-3H3,(H,22,23)/t12-,15+/m0/s1. The number of aryl methyl sites for hydroxylation is 2. The molecular weight excluding hydrogens is 353 g/mol. The number of alkyl halides is 1. The molecular formula is C19H24FN3S2. The van der Waals surface area contributed by atoms with Gasteiger partial charge in [-0.2, -0.15) is 0 Å². The van der Waals surface area contributed by atoms with Crippen molar-refractivity contribution in [2.75, 3.05) is 5.32 Å². The fourth-order valence-electron chi connectivity index (χ4n) is 2.75. The van der Waals surface area contributed by atoms with Gasteiger partial charge in [-0.1, -0.05) is 13.0 Å². The van der Waals surface area contributed by atoms with Crippen LogP contribution in [0.1, 0.15) is 34.9 Å². The second kappa shape index (κ2) is 7.81. The van der Waals surface area contributed by atoms with Gasteiger partial charge in [0.15, 0.2) is 0 Å². The lowest BCUT2D eigenvalue weighted by atomic mass is 10.1. The maximum atomic E-state index is 13.5. The summed E-state index contributed by atoms with van der Waals surface area (Å²) in [6.07, 6.45) is 0.422. The van der Waals surface area contributed by atoms with Gasteiger partial charge in [0.25, 0.3) is 0 Å². The average molecular weight is 378 g/mol. The predicted molar refractivity (Wildman–Crippen MR) is 108 cm³/mol. The van der Waals surface area contributed by atoms with E-state index in [1.165, 1.54) is 11.8 Å². The molecule has 3 N–H and O–H groups in total. The van der Waals surface area contributed by atoms with Crippen molar-refractivity contribution in [3.63, 3.8) is 0 Å². The van der Waals surface area contributed by atoms with Gasteiger partial charge in [-0.15, -0.1) is 22.7 Å². The minimum atomic E-state index is -1.01. The van der Waals surface area contributed by atoms with Gasteiger partial charge in [-0.3, -0.25) is 4.98 Å². The Balaban J connectivity index is 1.97. The molecule has 3 rings (SSSR count). The Morgan fingerprint density at radius 3 is 2.84 bits per heavy atom. The summed E-state index contributed by atoms with van der Waals surface area (Å²) in [5, 5.41) is 5.64. The summed E-state index contributed by atoms with van der Waals surface area (Å²) >= 11 is 3.43. The van der Waals surface area contributed by atoms with Crippen molar-refractivity contribution < 1.29 is 4.39 Å². The molecule has 3 nitrogen and oxygen atoms in total. The van der Waals surface area contributed by atoms with Crippen molar-refractivity contribution in [2.24, 2.45) is 5.73 Å². The molecule has 0 radical (unpaired) electrons. The molecule has 0 amide bonds. The van der Waals surface area contributed by atoms with Crippen molar-refractivity contribution in [3.8, 4) is 0 Å². The molecule has 2 atom stereocenters. The Labute approximate surface area is 156 Å². The minimum Gasteiger partial charge on any atom is -0.379 e. The Morgan fingerprint density at radius 1 is 1.40 bits per heavy atom. The third-order valence-electron chi connectivity index (χ3n) is 4.43. The van der Waals surface area contributed by atoms with Crippen LogP contribution in [0.15, 0.2) is 23.6 Å². The van der Waals surface area contributed by atoms with Crippen molar-refractivity contribution >= 4 is 38.6 Å². The second-order valence-electron chi connectivity index (χ2n) is 6.32. The van der Waals surface area contributed by atoms with Crippen LogP contribution in [0, 0.1) is 6.92 Å². The van der Waals surface area contributed by atoms with Crippen LogP contribution in [0.4, 0.5) is 10.1 Å². The summed E-state index contributed by atoms with van der Waals surface area (Å²) < 4.78 is 14.6. The monoisotopic (exact) mass is 377 g/mol. The number of fused-ring (bicyclic) bond motifs is 1. The summed E-state index contributed by atoms with van der Waals surface area (Å²) in [7, 11) is 0. The van der Waals surface area contributed by atoms with Crippen molar-refractivity contribution in [3.05, 3.63) is 44.6 Å². The van der Waals surface area contributed by atoms with E-state index in [1.54, 1.807) is 22.7 Å². The van der Waals surface area contributed by atoms with Gasteiger partial charge in [0.05, 0.1) is 15.9 Å². The number of hydrogen-bond donors (Lipinski definition) is 2. The Hall–Kier alpha value is -1.50. The molecule has 0 bridgehead atoms. The maximum Gasteiger partial charge on any atom is 0.113 e. The lowest BCUT2D eigenvalue weighted by Gasteiger charge is -2.11. The van der Waals surface area contributed by atoms with Gasteiger partial charge < -0.3 is 11.1 Å². The molecule has 134 valence electrons. The molecule has 0 saturated heterocycles. The SMILES string of the molecule is CCc1cc(NCc2cccs2)c2sc(C[C@@H](N)[C@H](C)F)c(C)c2n1. The number of nitrogens with two attached hydrogens (primary N) is 1. The smallest absolute Gasteiger partial charge is 0.113 e. The second-order valence-corrected chi connectivity index (χ2v) is 8.46. The summed E-state index contributed by atoms with van der Waals surface area (Å²) in [6.45, 7) is 6.50. The minimum absolute atomic E-state index is 0.472. The van der Waals surface area contributed by atoms with Crippen LogP contribution in [-0.2, 0) is 19.4 Å². The number of rotatable bonds is 7. The lowest BCUT2D eigenvalue weighted by Crippen LogP contribution is -2.31. The maximum absolute atomic E-state index is 13.5. The van der Waals surface area contributed by atoms with E-state index in [0.29, 0.717) is 6.42 Å². The van der Waals surface area contributed by atoms with E-state index in [2.05, 4.69) is 42.7 Å². The molecule has 0 aliphatic carbocycles. The highest BCUT2D eigenvalue weighted by atomic mass is 32.1. The van der Waals surface area contributed by atoms with Crippen LogP contribution in [-0.4, -0.2) is 17.2 Å². The van der Waals surface area contributed by atoms with Crippen LogP contribution >= 0.6 is 22.7 Å². The molecule has 3 heterocycles. The highest BCUT2D eigenvalue weighted by molar-refractivity contribution is 7.19. The zero-order valence-corrected chi connectivity index (χ0v) is 16.4. The Morgan fingerprint density at radius 2 is 2.20 bits per heavy atom. The Kier molecular flexibility index (Phi) is 5.71. The molecule has 0 unspecified atom stereocenters. The highest BCUT2D eigenvalue weighted by Gasteiger charge is 2.19. The van der Waals surface area contributed by atoms with E-state index in [-0.39, 0.29) is 0 Å².